The molecule has 0 unspecified atom stereocenters. The van der Waals surface area contributed by atoms with Crippen LogP contribution in [0.5, 0.6) is 0 Å². The molecule has 0 saturated carbocycles. The summed E-state index contributed by atoms with van der Waals surface area (Å²) in [5.41, 5.74) is 1.30. The number of hydrogen-bond acceptors (Lipinski definition) is 4. The Morgan fingerprint density at radius 3 is 2.77 bits per heavy atom. The fourth-order valence-corrected chi connectivity index (χ4v) is 1.01. The molecule has 0 saturated heterocycles. The van der Waals surface area contributed by atoms with E-state index in [-0.39, 0.29) is 0 Å². The van der Waals surface area contributed by atoms with Crippen molar-refractivity contribution in [3.63, 3.8) is 0 Å². The van der Waals surface area contributed by atoms with Crippen LogP contribution in [0, 0.1) is 22.7 Å². The summed E-state index contributed by atoms with van der Waals surface area (Å²) >= 11 is 0. The molecule has 0 fully saturated rings. The van der Waals surface area contributed by atoms with Crippen molar-refractivity contribution in [3.8, 4) is 12.1 Å². The molecule has 13 heavy (non-hydrogen) atoms. The molecule has 5 nitrogen and oxygen atoms in total. The van der Waals surface area contributed by atoms with Gasteiger partial charge in [-0.15, -0.1) is 0 Å². The fourth-order valence-electron chi connectivity index (χ4n) is 1.01. The average molecular weight is 169 g/mol. The molecule has 0 bridgehead atoms. The normalized spacial score (nSPS) is 9.38. The Labute approximate surface area is 73.5 Å². The summed E-state index contributed by atoms with van der Waals surface area (Å²) in [5, 5.41) is 21.1. The van der Waals surface area contributed by atoms with Gasteiger partial charge in [0.25, 0.3) is 0 Å². The molecule has 2 heterocycles. The zero-order chi connectivity index (χ0) is 9.26. The Bertz CT molecular complexity index is 540. The fraction of sp³-hybridized carbons (Fsp3) is 0. The van der Waals surface area contributed by atoms with Gasteiger partial charge in [-0.25, -0.2) is 9.50 Å². The van der Waals surface area contributed by atoms with Gasteiger partial charge in [-0.2, -0.15) is 15.6 Å². The molecule has 2 aromatic rings. The van der Waals surface area contributed by atoms with Gasteiger partial charge in [0.15, 0.2) is 5.65 Å². The summed E-state index contributed by atoms with van der Waals surface area (Å²) in [6.07, 6.45) is 4.37. The van der Waals surface area contributed by atoms with Crippen LogP contribution in [0.3, 0.4) is 0 Å². The molecule has 2 aromatic heterocycles. The van der Waals surface area contributed by atoms with Crippen LogP contribution in [0.1, 0.15) is 11.1 Å². The predicted molar refractivity (Wildman–Crippen MR) is 42.4 cm³/mol. The van der Waals surface area contributed by atoms with Crippen molar-refractivity contribution in [2.24, 2.45) is 0 Å². The Morgan fingerprint density at radius 2 is 2.08 bits per heavy atom. The number of nitriles is 2. The van der Waals surface area contributed by atoms with Crippen LogP contribution < -0.4 is 0 Å². The quantitative estimate of drug-likeness (QED) is 0.574. The second-order valence-electron chi connectivity index (χ2n) is 2.39. The van der Waals surface area contributed by atoms with Gasteiger partial charge in [0.05, 0.1) is 18.0 Å². The molecule has 0 radical (unpaired) electrons. The molecule has 0 aliphatic carbocycles. The number of hydrogen-bond donors (Lipinski definition) is 0. The van der Waals surface area contributed by atoms with E-state index in [1.54, 1.807) is 0 Å². The van der Waals surface area contributed by atoms with Crippen molar-refractivity contribution in [2.75, 3.05) is 0 Å². The van der Waals surface area contributed by atoms with Gasteiger partial charge in [0.2, 0.25) is 0 Å². The Morgan fingerprint density at radius 1 is 1.23 bits per heavy atom. The van der Waals surface area contributed by atoms with Gasteiger partial charge in [-0.05, 0) is 0 Å². The molecule has 0 aliphatic rings. The maximum Gasteiger partial charge on any atom is 0.172 e. The molecular formula is C8H3N5. The van der Waals surface area contributed by atoms with E-state index in [4.69, 9.17) is 10.5 Å². The van der Waals surface area contributed by atoms with Crippen LogP contribution in [-0.4, -0.2) is 14.6 Å². The van der Waals surface area contributed by atoms with Crippen LogP contribution >= 0.6 is 0 Å². The van der Waals surface area contributed by atoms with Crippen molar-refractivity contribution in [1.29, 1.82) is 10.5 Å². The predicted octanol–water partition coefficient (Wildman–Crippen LogP) is 0.473. The third kappa shape index (κ3) is 0.996. The first-order valence-corrected chi connectivity index (χ1v) is 3.49. The highest BCUT2D eigenvalue weighted by Gasteiger charge is 2.03. The summed E-state index contributed by atoms with van der Waals surface area (Å²) in [7, 11) is 0. The van der Waals surface area contributed by atoms with Crippen LogP contribution in [-0.2, 0) is 0 Å². The van der Waals surface area contributed by atoms with E-state index in [2.05, 4.69) is 10.1 Å². The number of rotatable bonds is 0. The molecule has 0 N–H and O–H groups in total. The lowest BCUT2D eigenvalue weighted by molar-refractivity contribution is 0.934. The summed E-state index contributed by atoms with van der Waals surface area (Å²) in [6.45, 7) is 0. The molecule has 0 aliphatic heterocycles. The van der Waals surface area contributed by atoms with E-state index in [0.29, 0.717) is 16.8 Å². The SMILES string of the molecule is N#Cc1cnc2c(C#N)cnn2c1. The highest BCUT2D eigenvalue weighted by Crippen LogP contribution is 2.06. The molecule has 60 valence electrons. The topological polar surface area (TPSA) is 77.8 Å². The number of aromatic nitrogens is 3. The van der Waals surface area contributed by atoms with Gasteiger partial charge in [0.1, 0.15) is 17.7 Å². The van der Waals surface area contributed by atoms with Gasteiger partial charge in [-0.1, -0.05) is 0 Å². The number of nitrogens with zero attached hydrogens (tertiary/aromatic N) is 5. The van der Waals surface area contributed by atoms with Crippen molar-refractivity contribution >= 4 is 5.65 Å². The molecule has 0 atom stereocenters. The first-order chi connectivity index (χ1) is 6.35. The van der Waals surface area contributed by atoms with Crippen LogP contribution in [0.25, 0.3) is 5.65 Å². The lowest BCUT2D eigenvalue weighted by Crippen LogP contribution is -1.91. The van der Waals surface area contributed by atoms with E-state index in [1.165, 1.54) is 23.1 Å². The minimum absolute atomic E-state index is 0.407. The van der Waals surface area contributed by atoms with E-state index in [0.717, 1.165) is 0 Å². The standard InChI is InChI=1S/C8H3N5/c9-1-6-3-11-8-7(2-10)4-12-13(8)5-6/h3-5H. The zero-order valence-electron chi connectivity index (χ0n) is 6.47. The highest BCUT2D eigenvalue weighted by molar-refractivity contribution is 5.54. The van der Waals surface area contributed by atoms with Gasteiger partial charge >= 0.3 is 0 Å². The second-order valence-corrected chi connectivity index (χ2v) is 2.39. The van der Waals surface area contributed by atoms with Crippen LogP contribution in [0.15, 0.2) is 18.6 Å². The lowest BCUT2D eigenvalue weighted by atomic mass is 10.3. The van der Waals surface area contributed by atoms with Crippen LogP contribution in [0.4, 0.5) is 0 Å². The second kappa shape index (κ2) is 2.58. The first kappa shape index (κ1) is 7.26. The largest absolute Gasteiger partial charge is 0.234 e. The monoisotopic (exact) mass is 169 g/mol. The minimum Gasteiger partial charge on any atom is -0.234 e. The van der Waals surface area contributed by atoms with E-state index < -0.39 is 0 Å². The smallest absolute Gasteiger partial charge is 0.172 e. The van der Waals surface area contributed by atoms with E-state index in [9.17, 15) is 0 Å². The Kier molecular flexibility index (Phi) is 1.44. The van der Waals surface area contributed by atoms with E-state index >= 15 is 0 Å². The van der Waals surface area contributed by atoms with Gasteiger partial charge in [-0.3, -0.25) is 0 Å². The Balaban J connectivity index is 2.79. The van der Waals surface area contributed by atoms with Crippen molar-refractivity contribution < 1.29 is 0 Å². The lowest BCUT2D eigenvalue weighted by Gasteiger charge is -1.91. The van der Waals surface area contributed by atoms with Crippen LogP contribution in [0.2, 0.25) is 0 Å². The average Bonchev–Trinajstić information content (AvgIpc) is 2.59. The molecule has 5 heteroatoms. The maximum atomic E-state index is 8.64. The maximum absolute atomic E-state index is 8.64. The first-order valence-electron chi connectivity index (χ1n) is 3.49. The molecule has 2 rings (SSSR count). The van der Waals surface area contributed by atoms with Gasteiger partial charge in [0, 0.05) is 6.20 Å². The van der Waals surface area contributed by atoms with Crippen molar-refractivity contribution in [2.45, 2.75) is 0 Å². The summed E-state index contributed by atoms with van der Waals surface area (Å²) in [4.78, 5) is 3.94. The van der Waals surface area contributed by atoms with Gasteiger partial charge < -0.3 is 0 Å². The summed E-state index contributed by atoms with van der Waals surface area (Å²) in [6, 6.07) is 3.90. The zero-order valence-corrected chi connectivity index (χ0v) is 6.47. The number of fused-ring (bicyclic) bond motifs is 1. The third-order valence-corrected chi connectivity index (χ3v) is 1.61. The highest BCUT2D eigenvalue weighted by atomic mass is 15.2. The minimum atomic E-state index is 0.407. The Hall–Kier alpha value is -2.40. The summed E-state index contributed by atoms with van der Waals surface area (Å²) < 4.78 is 1.41. The third-order valence-electron chi connectivity index (χ3n) is 1.61. The molecule has 0 amide bonds. The van der Waals surface area contributed by atoms with Crippen molar-refractivity contribution in [1.82, 2.24) is 14.6 Å². The molecular weight excluding hydrogens is 166 g/mol. The van der Waals surface area contributed by atoms with Crippen molar-refractivity contribution in [3.05, 3.63) is 29.7 Å². The molecule has 0 aromatic carbocycles. The van der Waals surface area contributed by atoms with E-state index in [1.807, 2.05) is 12.1 Å². The molecule has 0 spiro atoms. The summed E-state index contributed by atoms with van der Waals surface area (Å²) in [5.74, 6) is 0.